The highest BCUT2D eigenvalue weighted by molar-refractivity contribution is 7.99. The zero-order valence-electron chi connectivity index (χ0n) is 14.9. The Morgan fingerprint density at radius 2 is 2.00 bits per heavy atom. The van der Waals surface area contributed by atoms with E-state index in [9.17, 15) is 4.79 Å². The van der Waals surface area contributed by atoms with Gasteiger partial charge in [-0.05, 0) is 25.0 Å². The molecule has 0 unspecified atom stereocenters. The third-order valence-corrected chi connectivity index (χ3v) is 5.02. The number of nitrogens with zero attached hydrogens (tertiary/aromatic N) is 3. The summed E-state index contributed by atoms with van der Waals surface area (Å²) in [7, 11) is 3.14. The third kappa shape index (κ3) is 4.57. The molecule has 26 heavy (non-hydrogen) atoms. The summed E-state index contributed by atoms with van der Waals surface area (Å²) in [5, 5.41) is 3.64. The summed E-state index contributed by atoms with van der Waals surface area (Å²) in [6.07, 6.45) is 3.94. The molecule has 7 nitrogen and oxygen atoms in total. The summed E-state index contributed by atoms with van der Waals surface area (Å²) < 4.78 is 10.5. The van der Waals surface area contributed by atoms with E-state index in [4.69, 9.17) is 9.47 Å². The molecule has 1 aromatic carbocycles. The number of nitrogens with one attached hydrogen (secondary N) is 1. The van der Waals surface area contributed by atoms with Gasteiger partial charge in [-0.25, -0.2) is 9.97 Å². The van der Waals surface area contributed by atoms with Crippen LogP contribution in [0.4, 0.5) is 11.5 Å². The second-order valence-corrected chi connectivity index (χ2v) is 6.81. The highest BCUT2D eigenvalue weighted by Gasteiger charge is 2.15. The van der Waals surface area contributed by atoms with Crippen molar-refractivity contribution in [3.63, 3.8) is 0 Å². The Kier molecular flexibility index (Phi) is 6.17. The number of thioether (sulfide) groups is 1. The summed E-state index contributed by atoms with van der Waals surface area (Å²) >= 11 is 1.38. The zero-order chi connectivity index (χ0) is 18.4. The molecular weight excluding hydrogens is 352 g/mol. The van der Waals surface area contributed by atoms with Crippen molar-refractivity contribution in [2.24, 2.45) is 0 Å². The fraction of sp³-hybridized carbons (Fsp3) is 0.389. The van der Waals surface area contributed by atoms with Gasteiger partial charge in [0.15, 0.2) is 0 Å². The Bertz CT molecular complexity index is 766. The molecule has 2 heterocycles. The number of amides is 1. The third-order valence-electron chi connectivity index (χ3n) is 4.09. The summed E-state index contributed by atoms with van der Waals surface area (Å²) in [6.45, 7) is 2.05. The van der Waals surface area contributed by atoms with Gasteiger partial charge >= 0.3 is 0 Å². The van der Waals surface area contributed by atoms with E-state index in [0.717, 1.165) is 23.9 Å². The maximum absolute atomic E-state index is 12.3. The Hall–Kier alpha value is -2.48. The van der Waals surface area contributed by atoms with Crippen LogP contribution < -0.4 is 19.7 Å². The number of benzene rings is 1. The molecule has 0 spiro atoms. The van der Waals surface area contributed by atoms with Gasteiger partial charge in [0, 0.05) is 25.2 Å². The molecule has 1 aliphatic rings. The summed E-state index contributed by atoms with van der Waals surface area (Å²) in [5.41, 5.74) is 0.581. The van der Waals surface area contributed by atoms with Crippen LogP contribution in [-0.4, -0.2) is 48.9 Å². The molecule has 3 rings (SSSR count). The van der Waals surface area contributed by atoms with Crippen LogP contribution in [0.3, 0.4) is 0 Å². The minimum atomic E-state index is -0.136. The average molecular weight is 374 g/mol. The summed E-state index contributed by atoms with van der Waals surface area (Å²) in [5.74, 6) is 2.27. The van der Waals surface area contributed by atoms with Crippen molar-refractivity contribution in [2.75, 3.05) is 43.3 Å². The lowest BCUT2D eigenvalue weighted by Crippen LogP contribution is -2.19. The van der Waals surface area contributed by atoms with Crippen LogP contribution in [-0.2, 0) is 4.79 Å². The van der Waals surface area contributed by atoms with Crippen molar-refractivity contribution in [1.29, 1.82) is 0 Å². The number of hydrogen-bond acceptors (Lipinski definition) is 7. The topological polar surface area (TPSA) is 76.6 Å². The molecule has 0 atom stereocenters. The Morgan fingerprint density at radius 3 is 2.73 bits per heavy atom. The first kappa shape index (κ1) is 18.3. The summed E-state index contributed by atoms with van der Waals surface area (Å²) in [4.78, 5) is 23.1. The number of rotatable bonds is 7. The van der Waals surface area contributed by atoms with Gasteiger partial charge in [0.25, 0.3) is 0 Å². The quantitative estimate of drug-likeness (QED) is 0.590. The van der Waals surface area contributed by atoms with Gasteiger partial charge in [-0.15, -0.1) is 0 Å². The van der Waals surface area contributed by atoms with Crippen LogP contribution in [0.15, 0.2) is 35.6 Å². The standard InChI is InChI=1S/C18H22N4O3S/c1-24-13-5-6-15(25-2)14(9-13)21-17(23)11-26-18-10-16(19-12-20-18)22-7-3-4-8-22/h5-6,9-10,12H,3-4,7-8,11H2,1-2H3,(H,21,23). The van der Waals surface area contributed by atoms with Crippen LogP contribution in [0.25, 0.3) is 0 Å². The number of carbonyl (C=O) groups is 1. The fourth-order valence-electron chi connectivity index (χ4n) is 2.77. The number of methoxy groups -OCH3 is 2. The molecule has 8 heteroatoms. The van der Waals surface area contributed by atoms with Gasteiger partial charge in [-0.2, -0.15) is 0 Å². The molecule has 0 aliphatic carbocycles. The molecule has 138 valence electrons. The molecule has 0 radical (unpaired) electrons. The first-order valence-electron chi connectivity index (χ1n) is 8.41. The van der Waals surface area contributed by atoms with Crippen LogP contribution in [0.1, 0.15) is 12.8 Å². The van der Waals surface area contributed by atoms with E-state index in [2.05, 4.69) is 20.2 Å². The van der Waals surface area contributed by atoms with Gasteiger partial charge in [-0.1, -0.05) is 11.8 Å². The molecular formula is C18H22N4O3S. The number of ether oxygens (including phenoxy) is 2. The Morgan fingerprint density at radius 1 is 1.19 bits per heavy atom. The molecule has 1 amide bonds. The van der Waals surface area contributed by atoms with Crippen molar-refractivity contribution >= 4 is 29.2 Å². The predicted octanol–water partition coefficient (Wildman–Crippen LogP) is 2.82. The van der Waals surface area contributed by atoms with Gasteiger partial charge in [0.05, 0.1) is 25.7 Å². The summed E-state index contributed by atoms with van der Waals surface area (Å²) in [6, 6.07) is 7.21. The predicted molar refractivity (Wildman–Crippen MR) is 102 cm³/mol. The lowest BCUT2D eigenvalue weighted by molar-refractivity contribution is -0.113. The van der Waals surface area contributed by atoms with Crippen molar-refractivity contribution in [1.82, 2.24) is 9.97 Å². The van der Waals surface area contributed by atoms with Gasteiger partial charge < -0.3 is 19.7 Å². The van der Waals surface area contributed by atoms with E-state index in [1.807, 2.05) is 6.07 Å². The molecule has 1 aliphatic heterocycles. The van der Waals surface area contributed by atoms with Crippen molar-refractivity contribution in [3.8, 4) is 11.5 Å². The number of hydrogen-bond donors (Lipinski definition) is 1. The van der Waals surface area contributed by atoms with Crippen molar-refractivity contribution < 1.29 is 14.3 Å². The number of anilines is 2. The van der Waals surface area contributed by atoms with Crippen molar-refractivity contribution in [3.05, 3.63) is 30.6 Å². The van der Waals surface area contributed by atoms with Crippen LogP contribution in [0.2, 0.25) is 0 Å². The first-order chi connectivity index (χ1) is 12.7. The number of aromatic nitrogens is 2. The molecule has 0 saturated carbocycles. The van der Waals surface area contributed by atoms with Gasteiger partial charge in [-0.3, -0.25) is 4.79 Å². The molecule has 1 saturated heterocycles. The van der Waals surface area contributed by atoms with E-state index >= 15 is 0 Å². The highest BCUT2D eigenvalue weighted by Crippen LogP contribution is 2.29. The molecule has 2 aromatic rings. The van der Waals surface area contributed by atoms with Crippen LogP contribution in [0, 0.1) is 0 Å². The fourth-order valence-corrected chi connectivity index (χ4v) is 3.43. The normalized spacial score (nSPS) is 13.5. The Labute approximate surface area is 157 Å². The Balaban J connectivity index is 1.60. The maximum atomic E-state index is 12.3. The average Bonchev–Trinajstić information content (AvgIpc) is 3.21. The first-order valence-corrected chi connectivity index (χ1v) is 9.40. The SMILES string of the molecule is COc1ccc(OC)c(NC(=O)CSc2cc(N3CCCC3)ncn2)c1. The zero-order valence-corrected chi connectivity index (χ0v) is 15.7. The van der Waals surface area contributed by atoms with Gasteiger partial charge in [0.2, 0.25) is 5.91 Å². The second-order valence-electron chi connectivity index (χ2n) is 5.81. The lowest BCUT2D eigenvalue weighted by Gasteiger charge is -2.16. The van der Waals surface area contributed by atoms with E-state index in [-0.39, 0.29) is 11.7 Å². The second kappa shape index (κ2) is 8.75. The molecule has 1 aromatic heterocycles. The monoisotopic (exact) mass is 374 g/mol. The minimum absolute atomic E-state index is 0.136. The van der Waals surface area contributed by atoms with E-state index in [1.54, 1.807) is 38.7 Å². The van der Waals surface area contributed by atoms with Crippen LogP contribution in [0.5, 0.6) is 11.5 Å². The van der Waals surface area contributed by atoms with E-state index in [1.165, 1.54) is 24.6 Å². The van der Waals surface area contributed by atoms with E-state index < -0.39 is 0 Å². The minimum Gasteiger partial charge on any atom is -0.497 e. The van der Waals surface area contributed by atoms with Crippen LogP contribution >= 0.6 is 11.8 Å². The van der Waals surface area contributed by atoms with Crippen molar-refractivity contribution in [2.45, 2.75) is 17.9 Å². The van der Waals surface area contributed by atoms with E-state index in [0.29, 0.717) is 17.2 Å². The molecule has 1 N–H and O–H groups in total. The van der Waals surface area contributed by atoms with Gasteiger partial charge in [0.1, 0.15) is 28.7 Å². The highest BCUT2D eigenvalue weighted by atomic mass is 32.2. The molecule has 1 fully saturated rings. The smallest absolute Gasteiger partial charge is 0.234 e. The maximum Gasteiger partial charge on any atom is 0.234 e. The largest absolute Gasteiger partial charge is 0.497 e. The molecule has 0 bridgehead atoms. The lowest BCUT2D eigenvalue weighted by atomic mass is 10.2. The number of carbonyl (C=O) groups excluding carboxylic acids is 1.